The van der Waals surface area contributed by atoms with Crippen LogP contribution in [0.25, 0.3) is 0 Å². The molecule has 0 aliphatic rings. The summed E-state index contributed by atoms with van der Waals surface area (Å²) in [5.74, 6) is 0. The van der Waals surface area contributed by atoms with Crippen molar-refractivity contribution in [2.45, 2.75) is 18.6 Å². The predicted molar refractivity (Wildman–Crippen MR) is 86.2 cm³/mol. The van der Waals surface area contributed by atoms with Gasteiger partial charge in [0.05, 0.1) is 10.6 Å². The second-order valence-electron chi connectivity index (χ2n) is 4.68. The van der Waals surface area contributed by atoms with Crippen LogP contribution in [0.1, 0.15) is 22.7 Å². The standard InChI is InChI=1S/C15H12ClF3IN/c16-12-8-10(3-6-13(12)20)14(21)7-9-1-4-11(5-2-9)15(17,18)19/h1-6,8,14H,7,21H2. The molecule has 2 rings (SSSR count). The number of benzene rings is 2. The maximum absolute atomic E-state index is 12.5. The second kappa shape index (κ2) is 6.54. The van der Waals surface area contributed by atoms with Crippen LogP contribution in [0, 0.1) is 3.57 Å². The minimum Gasteiger partial charge on any atom is -0.324 e. The second-order valence-corrected chi connectivity index (χ2v) is 6.25. The van der Waals surface area contributed by atoms with E-state index in [0.29, 0.717) is 11.4 Å². The van der Waals surface area contributed by atoms with Crippen molar-refractivity contribution in [2.24, 2.45) is 5.73 Å². The van der Waals surface area contributed by atoms with Gasteiger partial charge in [0, 0.05) is 9.61 Å². The fourth-order valence-electron chi connectivity index (χ4n) is 1.94. The quantitative estimate of drug-likeness (QED) is 0.672. The summed E-state index contributed by atoms with van der Waals surface area (Å²) in [5.41, 5.74) is 7.05. The highest BCUT2D eigenvalue weighted by Gasteiger charge is 2.29. The van der Waals surface area contributed by atoms with Gasteiger partial charge >= 0.3 is 6.18 Å². The van der Waals surface area contributed by atoms with E-state index in [2.05, 4.69) is 22.6 Å². The molecule has 0 amide bonds. The van der Waals surface area contributed by atoms with Crippen molar-refractivity contribution in [1.82, 2.24) is 0 Å². The van der Waals surface area contributed by atoms with Crippen molar-refractivity contribution in [3.63, 3.8) is 0 Å². The fraction of sp³-hybridized carbons (Fsp3) is 0.200. The van der Waals surface area contributed by atoms with Crippen molar-refractivity contribution < 1.29 is 13.2 Å². The molecule has 0 heterocycles. The third-order valence-corrected chi connectivity index (χ3v) is 4.68. The van der Waals surface area contributed by atoms with Gasteiger partial charge in [0.1, 0.15) is 0 Å². The zero-order valence-electron chi connectivity index (χ0n) is 10.8. The molecule has 0 saturated heterocycles. The lowest BCUT2D eigenvalue weighted by molar-refractivity contribution is -0.137. The first kappa shape index (κ1) is 16.6. The van der Waals surface area contributed by atoms with Crippen LogP contribution in [-0.2, 0) is 12.6 Å². The summed E-state index contributed by atoms with van der Waals surface area (Å²) in [6.07, 6.45) is -3.86. The van der Waals surface area contributed by atoms with Crippen LogP contribution in [0.15, 0.2) is 42.5 Å². The topological polar surface area (TPSA) is 26.0 Å². The minimum atomic E-state index is -4.32. The van der Waals surface area contributed by atoms with Gasteiger partial charge < -0.3 is 5.73 Å². The predicted octanol–water partition coefficient (Wildman–Crippen LogP) is 5.21. The van der Waals surface area contributed by atoms with Crippen molar-refractivity contribution >= 4 is 34.2 Å². The van der Waals surface area contributed by atoms with Gasteiger partial charge in [-0.25, -0.2) is 0 Å². The van der Waals surface area contributed by atoms with E-state index >= 15 is 0 Å². The van der Waals surface area contributed by atoms with E-state index in [9.17, 15) is 13.2 Å². The zero-order valence-corrected chi connectivity index (χ0v) is 13.7. The van der Waals surface area contributed by atoms with Crippen LogP contribution in [-0.4, -0.2) is 0 Å². The number of alkyl halides is 3. The zero-order chi connectivity index (χ0) is 15.6. The molecular formula is C15H12ClF3IN. The van der Waals surface area contributed by atoms with Gasteiger partial charge in [-0.1, -0.05) is 29.8 Å². The van der Waals surface area contributed by atoms with Crippen LogP contribution in [0.5, 0.6) is 0 Å². The summed E-state index contributed by atoms with van der Waals surface area (Å²) in [6.45, 7) is 0. The molecule has 2 aromatic carbocycles. The normalized spacial score (nSPS) is 13.2. The van der Waals surface area contributed by atoms with Crippen molar-refractivity contribution in [1.29, 1.82) is 0 Å². The SMILES string of the molecule is NC(Cc1ccc(C(F)(F)F)cc1)c1ccc(I)c(Cl)c1. The first-order valence-corrected chi connectivity index (χ1v) is 7.59. The lowest BCUT2D eigenvalue weighted by Gasteiger charge is -2.14. The van der Waals surface area contributed by atoms with E-state index in [1.807, 2.05) is 12.1 Å². The number of hydrogen-bond donors (Lipinski definition) is 1. The van der Waals surface area contributed by atoms with Gasteiger partial charge in [-0.3, -0.25) is 0 Å². The molecule has 1 nitrogen and oxygen atoms in total. The summed E-state index contributed by atoms with van der Waals surface area (Å²) < 4.78 is 38.4. The molecule has 6 heteroatoms. The Hall–Kier alpha value is -0.790. The molecule has 112 valence electrons. The molecule has 0 aliphatic carbocycles. The van der Waals surface area contributed by atoms with Gasteiger partial charge in [-0.15, -0.1) is 0 Å². The van der Waals surface area contributed by atoms with Gasteiger partial charge in [-0.2, -0.15) is 13.2 Å². The Morgan fingerprint density at radius 3 is 2.24 bits per heavy atom. The summed E-state index contributed by atoms with van der Waals surface area (Å²) in [7, 11) is 0. The van der Waals surface area contributed by atoms with E-state index in [4.69, 9.17) is 17.3 Å². The van der Waals surface area contributed by atoms with Crippen LogP contribution in [0.3, 0.4) is 0 Å². The van der Waals surface area contributed by atoms with E-state index in [1.54, 1.807) is 6.07 Å². The highest BCUT2D eigenvalue weighted by atomic mass is 127. The molecule has 2 aromatic rings. The molecule has 0 saturated carbocycles. The van der Waals surface area contributed by atoms with Crippen molar-refractivity contribution in [2.75, 3.05) is 0 Å². The molecule has 0 spiro atoms. The lowest BCUT2D eigenvalue weighted by Crippen LogP contribution is -2.13. The lowest BCUT2D eigenvalue weighted by atomic mass is 9.99. The number of hydrogen-bond acceptors (Lipinski definition) is 1. The Kier molecular flexibility index (Phi) is 5.16. The maximum atomic E-state index is 12.5. The molecule has 2 N–H and O–H groups in total. The molecule has 21 heavy (non-hydrogen) atoms. The first-order valence-electron chi connectivity index (χ1n) is 6.14. The van der Waals surface area contributed by atoms with E-state index in [0.717, 1.165) is 26.8 Å². The van der Waals surface area contributed by atoms with Gasteiger partial charge in [-0.05, 0) is 64.4 Å². The Morgan fingerprint density at radius 1 is 1.10 bits per heavy atom. The smallest absolute Gasteiger partial charge is 0.324 e. The summed E-state index contributed by atoms with van der Waals surface area (Å²) in [4.78, 5) is 0. The monoisotopic (exact) mass is 425 g/mol. The Labute approximate surface area is 139 Å². The number of rotatable bonds is 3. The molecule has 1 unspecified atom stereocenters. The average molecular weight is 426 g/mol. The van der Waals surface area contributed by atoms with Gasteiger partial charge in [0.15, 0.2) is 0 Å². The third-order valence-electron chi connectivity index (χ3n) is 3.11. The van der Waals surface area contributed by atoms with Gasteiger partial charge in [0.25, 0.3) is 0 Å². The fourth-order valence-corrected chi connectivity index (χ4v) is 2.47. The molecule has 0 aromatic heterocycles. The van der Waals surface area contributed by atoms with E-state index < -0.39 is 11.7 Å². The average Bonchev–Trinajstić information content (AvgIpc) is 2.41. The molecule has 0 bridgehead atoms. The van der Waals surface area contributed by atoms with E-state index in [-0.39, 0.29) is 6.04 Å². The highest BCUT2D eigenvalue weighted by Crippen LogP contribution is 2.30. The molecular weight excluding hydrogens is 414 g/mol. The minimum absolute atomic E-state index is 0.309. The van der Waals surface area contributed by atoms with Crippen LogP contribution in [0.4, 0.5) is 13.2 Å². The number of nitrogens with two attached hydrogens (primary N) is 1. The number of halogens is 5. The largest absolute Gasteiger partial charge is 0.416 e. The van der Waals surface area contributed by atoms with Crippen LogP contribution < -0.4 is 5.73 Å². The molecule has 0 aliphatic heterocycles. The van der Waals surface area contributed by atoms with Gasteiger partial charge in [0.2, 0.25) is 0 Å². The summed E-state index contributed by atoms with van der Waals surface area (Å²) in [6, 6.07) is 10.3. The van der Waals surface area contributed by atoms with Crippen LogP contribution in [0.2, 0.25) is 5.02 Å². The van der Waals surface area contributed by atoms with Crippen molar-refractivity contribution in [3.8, 4) is 0 Å². The first-order chi connectivity index (χ1) is 9.77. The van der Waals surface area contributed by atoms with Crippen LogP contribution >= 0.6 is 34.2 Å². The Balaban J connectivity index is 2.12. The van der Waals surface area contributed by atoms with E-state index in [1.165, 1.54) is 12.1 Å². The Bertz CT molecular complexity index is 626. The molecule has 0 radical (unpaired) electrons. The summed E-state index contributed by atoms with van der Waals surface area (Å²) >= 11 is 8.16. The summed E-state index contributed by atoms with van der Waals surface area (Å²) in [5, 5.41) is 0.621. The van der Waals surface area contributed by atoms with Crippen molar-refractivity contribution in [3.05, 3.63) is 67.7 Å². The molecule has 1 atom stereocenters. The Morgan fingerprint density at radius 2 is 1.71 bits per heavy atom. The highest BCUT2D eigenvalue weighted by molar-refractivity contribution is 14.1. The maximum Gasteiger partial charge on any atom is 0.416 e. The third kappa shape index (κ3) is 4.34. The molecule has 0 fully saturated rings.